The Balaban J connectivity index is 1.68. The van der Waals surface area contributed by atoms with Gasteiger partial charge < -0.3 is 4.74 Å². The van der Waals surface area contributed by atoms with Crippen LogP contribution in [0.4, 0.5) is 8.78 Å². The third kappa shape index (κ3) is 11.1. The maximum Gasteiger partial charge on any atom is 0.159 e. The number of hydrogen-bond donors (Lipinski definition) is 0. The van der Waals surface area contributed by atoms with Gasteiger partial charge in [0.2, 0.25) is 0 Å². The first kappa shape index (κ1) is 27.2. The van der Waals surface area contributed by atoms with Crippen molar-refractivity contribution in [2.24, 2.45) is 0 Å². The predicted molar refractivity (Wildman–Crippen MR) is 133 cm³/mol. The molecule has 2 unspecified atom stereocenters. The van der Waals surface area contributed by atoms with Gasteiger partial charge in [0.15, 0.2) is 5.82 Å². The largest absolute Gasteiger partial charge is 0.493 e. The molecule has 0 aliphatic carbocycles. The average Bonchev–Trinajstić information content (AvgIpc) is 2.85. The smallest absolute Gasteiger partial charge is 0.159 e. The molecule has 2 atom stereocenters. The molecule has 0 bridgehead atoms. The first-order valence-corrected chi connectivity index (χ1v) is 13.0. The van der Waals surface area contributed by atoms with Crippen LogP contribution in [0.2, 0.25) is 0 Å². The van der Waals surface area contributed by atoms with Crippen LogP contribution in [0.1, 0.15) is 96.5 Å². The van der Waals surface area contributed by atoms with E-state index in [-0.39, 0.29) is 19.4 Å². The molecule has 0 N–H and O–H groups in total. The van der Waals surface area contributed by atoms with Gasteiger partial charge in [-0.25, -0.2) is 18.7 Å². The Bertz CT molecular complexity index is 737. The average molecular weight is 461 g/mol. The molecule has 2 aromatic rings. The topological polar surface area (TPSA) is 35.0 Å². The van der Waals surface area contributed by atoms with E-state index in [1.165, 1.54) is 56.9 Å². The summed E-state index contributed by atoms with van der Waals surface area (Å²) in [5.41, 5.74) is 2.09. The van der Waals surface area contributed by atoms with E-state index in [0.717, 1.165) is 18.4 Å². The normalized spacial score (nSPS) is 13.1. The molecule has 0 aliphatic rings. The molecule has 184 valence electrons. The van der Waals surface area contributed by atoms with Crippen molar-refractivity contribution in [1.82, 2.24) is 9.97 Å². The highest BCUT2D eigenvalue weighted by atomic mass is 19.2. The number of benzene rings is 1. The number of unbranched alkanes of at least 4 members (excludes halogenated alkanes) is 8. The number of halogens is 2. The van der Waals surface area contributed by atoms with Crippen molar-refractivity contribution in [3.8, 4) is 17.1 Å². The summed E-state index contributed by atoms with van der Waals surface area (Å²) < 4.78 is 33.1. The number of nitrogens with zero attached hydrogens (tertiary/aromatic N) is 2. The van der Waals surface area contributed by atoms with E-state index < -0.39 is 12.3 Å². The molecular formula is C28H42F2N2O. The molecule has 2 rings (SSSR count). The first-order valence-electron chi connectivity index (χ1n) is 13.0. The van der Waals surface area contributed by atoms with Gasteiger partial charge in [0.1, 0.15) is 18.1 Å². The van der Waals surface area contributed by atoms with Crippen LogP contribution in [0.25, 0.3) is 11.4 Å². The second kappa shape index (κ2) is 16.6. The summed E-state index contributed by atoms with van der Waals surface area (Å²) in [4.78, 5) is 9.03. The van der Waals surface area contributed by atoms with Gasteiger partial charge in [0.05, 0.1) is 6.61 Å². The molecule has 33 heavy (non-hydrogen) atoms. The lowest BCUT2D eigenvalue weighted by Gasteiger charge is -2.14. The third-order valence-electron chi connectivity index (χ3n) is 6.03. The predicted octanol–water partition coefficient (Wildman–Crippen LogP) is 8.46. The lowest BCUT2D eigenvalue weighted by molar-refractivity contribution is 0.128. The molecule has 1 heterocycles. The van der Waals surface area contributed by atoms with Gasteiger partial charge in [-0.1, -0.05) is 71.6 Å². The standard InChI is InChI=1S/C28H42F2N2O/c1-3-5-7-8-9-10-11-12-13-23-21-31-28(32-22-23)24-15-17-25(18-16-24)33-20-19-27(30)26(29)14-6-4-2/h15-18,21-22,26-27H,3-14,19-20H2,1-2H3. The molecule has 5 heteroatoms. The molecule has 0 fully saturated rings. The number of hydrogen-bond acceptors (Lipinski definition) is 3. The van der Waals surface area contributed by atoms with Crippen LogP contribution in [0, 0.1) is 0 Å². The van der Waals surface area contributed by atoms with Crippen molar-refractivity contribution in [1.29, 1.82) is 0 Å². The van der Waals surface area contributed by atoms with Crippen molar-refractivity contribution in [2.75, 3.05) is 6.61 Å². The summed E-state index contributed by atoms with van der Waals surface area (Å²) in [6, 6.07) is 7.44. The van der Waals surface area contributed by atoms with Crippen LogP contribution in [0.15, 0.2) is 36.7 Å². The van der Waals surface area contributed by atoms with Crippen molar-refractivity contribution in [3.63, 3.8) is 0 Å². The second-order valence-corrected chi connectivity index (χ2v) is 8.98. The van der Waals surface area contributed by atoms with E-state index in [2.05, 4.69) is 16.9 Å². The summed E-state index contributed by atoms with van der Waals surface area (Å²) in [6.45, 7) is 4.39. The molecular weight excluding hydrogens is 418 g/mol. The molecule has 0 saturated carbocycles. The van der Waals surface area contributed by atoms with E-state index in [9.17, 15) is 8.78 Å². The van der Waals surface area contributed by atoms with Crippen LogP contribution >= 0.6 is 0 Å². The highest BCUT2D eigenvalue weighted by molar-refractivity contribution is 5.55. The maximum atomic E-state index is 13.8. The number of alkyl halides is 2. The van der Waals surface area contributed by atoms with E-state index >= 15 is 0 Å². The Morgan fingerprint density at radius 1 is 0.727 bits per heavy atom. The van der Waals surface area contributed by atoms with E-state index in [1.54, 1.807) is 0 Å². The summed E-state index contributed by atoms with van der Waals surface area (Å²) in [5.74, 6) is 1.32. The van der Waals surface area contributed by atoms with E-state index in [4.69, 9.17) is 4.74 Å². The molecule has 0 amide bonds. The lowest BCUT2D eigenvalue weighted by atomic mass is 10.1. The summed E-state index contributed by atoms with van der Waals surface area (Å²) in [6.07, 6.45) is 14.4. The molecule has 0 saturated heterocycles. The number of rotatable bonds is 18. The maximum absolute atomic E-state index is 13.8. The molecule has 0 radical (unpaired) electrons. The van der Waals surface area contributed by atoms with E-state index in [1.807, 2.05) is 43.6 Å². The third-order valence-corrected chi connectivity index (χ3v) is 6.03. The van der Waals surface area contributed by atoms with Gasteiger partial charge in [-0.05, 0) is 49.1 Å². The molecule has 1 aromatic carbocycles. The number of aryl methyl sites for hydroxylation is 1. The van der Waals surface area contributed by atoms with Gasteiger partial charge >= 0.3 is 0 Å². The monoisotopic (exact) mass is 460 g/mol. The zero-order valence-electron chi connectivity index (χ0n) is 20.6. The highest BCUT2D eigenvalue weighted by Crippen LogP contribution is 2.21. The molecule has 3 nitrogen and oxygen atoms in total. The minimum Gasteiger partial charge on any atom is -0.493 e. The Morgan fingerprint density at radius 2 is 1.30 bits per heavy atom. The Hall–Kier alpha value is -2.04. The molecule has 1 aromatic heterocycles. The first-order chi connectivity index (χ1) is 16.1. The van der Waals surface area contributed by atoms with Gasteiger partial charge in [-0.3, -0.25) is 0 Å². The minimum absolute atomic E-state index is 0.0655. The zero-order valence-corrected chi connectivity index (χ0v) is 20.6. The van der Waals surface area contributed by atoms with Crippen molar-refractivity contribution in [3.05, 3.63) is 42.2 Å². The fourth-order valence-electron chi connectivity index (χ4n) is 3.85. The van der Waals surface area contributed by atoms with Crippen LogP contribution in [-0.4, -0.2) is 28.9 Å². The molecule has 0 spiro atoms. The van der Waals surface area contributed by atoms with Gasteiger partial charge in [0.25, 0.3) is 0 Å². The second-order valence-electron chi connectivity index (χ2n) is 8.98. The highest BCUT2D eigenvalue weighted by Gasteiger charge is 2.19. The van der Waals surface area contributed by atoms with Crippen LogP contribution in [0.3, 0.4) is 0 Å². The van der Waals surface area contributed by atoms with Crippen LogP contribution in [-0.2, 0) is 6.42 Å². The fraction of sp³-hybridized carbons (Fsp3) is 0.643. The minimum atomic E-state index is -1.46. The quantitative estimate of drug-likeness (QED) is 0.209. The van der Waals surface area contributed by atoms with Crippen molar-refractivity contribution in [2.45, 2.75) is 110 Å². The Labute approximate surface area is 199 Å². The van der Waals surface area contributed by atoms with Crippen LogP contribution < -0.4 is 4.74 Å². The lowest BCUT2D eigenvalue weighted by Crippen LogP contribution is -2.20. The number of aromatic nitrogens is 2. The summed E-state index contributed by atoms with van der Waals surface area (Å²) >= 11 is 0. The number of ether oxygens (including phenoxy) is 1. The van der Waals surface area contributed by atoms with Gasteiger partial charge in [-0.15, -0.1) is 0 Å². The summed E-state index contributed by atoms with van der Waals surface area (Å²) in [5, 5.41) is 0. The fourth-order valence-corrected chi connectivity index (χ4v) is 3.85. The zero-order chi connectivity index (χ0) is 23.7. The van der Waals surface area contributed by atoms with Gasteiger partial charge in [0, 0.05) is 24.4 Å². The van der Waals surface area contributed by atoms with Crippen LogP contribution in [0.5, 0.6) is 5.75 Å². The van der Waals surface area contributed by atoms with Crippen molar-refractivity contribution >= 4 is 0 Å². The Morgan fingerprint density at radius 3 is 1.94 bits per heavy atom. The van der Waals surface area contributed by atoms with Crippen molar-refractivity contribution < 1.29 is 13.5 Å². The Kier molecular flexibility index (Phi) is 13.6. The summed E-state index contributed by atoms with van der Waals surface area (Å²) in [7, 11) is 0. The van der Waals surface area contributed by atoms with E-state index in [0.29, 0.717) is 18.0 Å². The SMILES string of the molecule is CCCCCCCCCCc1cnc(-c2ccc(OCCC(F)C(F)CCCC)cc2)nc1. The van der Waals surface area contributed by atoms with Gasteiger partial charge in [-0.2, -0.15) is 0 Å². The molecule has 0 aliphatic heterocycles.